The third-order valence-corrected chi connectivity index (χ3v) is 4.01. The monoisotopic (exact) mass is 311 g/mol. The fraction of sp³-hybridized carbons (Fsp3) is 0.500. The summed E-state index contributed by atoms with van der Waals surface area (Å²) < 4.78 is 6.08. The number of carbonyl (C=O) groups is 1. The molecule has 0 atom stereocenters. The van der Waals surface area contributed by atoms with Gasteiger partial charge in [-0.25, -0.2) is 0 Å². The largest absolute Gasteiger partial charge is 0.496 e. The van der Waals surface area contributed by atoms with Crippen LogP contribution in [0.4, 0.5) is 0 Å². The Bertz CT molecular complexity index is 428. The van der Waals surface area contributed by atoms with Gasteiger partial charge in [0.2, 0.25) is 0 Å². The van der Waals surface area contributed by atoms with Gasteiger partial charge in [-0.05, 0) is 59.6 Å². The van der Waals surface area contributed by atoms with Crippen LogP contribution < -0.4 is 10.1 Å². The Labute approximate surface area is 116 Å². The molecule has 0 unspecified atom stereocenters. The van der Waals surface area contributed by atoms with Gasteiger partial charge in [0.05, 0.1) is 11.6 Å². The zero-order chi connectivity index (χ0) is 13.0. The molecule has 18 heavy (non-hydrogen) atoms. The van der Waals surface area contributed by atoms with Crippen LogP contribution in [0.3, 0.4) is 0 Å². The second-order valence-electron chi connectivity index (χ2n) is 4.64. The van der Waals surface area contributed by atoms with Crippen molar-refractivity contribution in [3.63, 3.8) is 0 Å². The lowest BCUT2D eigenvalue weighted by Crippen LogP contribution is -2.32. The summed E-state index contributed by atoms with van der Waals surface area (Å²) in [6.07, 6.45) is 2.46. The van der Waals surface area contributed by atoms with Crippen molar-refractivity contribution in [3.8, 4) is 5.75 Å². The van der Waals surface area contributed by atoms with Gasteiger partial charge in [-0.2, -0.15) is 0 Å². The molecule has 0 radical (unpaired) electrons. The van der Waals surface area contributed by atoms with E-state index in [2.05, 4.69) is 21.2 Å². The van der Waals surface area contributed by atoms with E-state index in [0.29, 0.717) is 12.2 Å². The molecule has 2 rings (SSSR count). The van der Waals surface area contributed by atoms with Crippen molar-refractivity contribution in [2.45, 2.75) is 19.3 Å². The second-order valence-corrected chi connectivity index (χ2v) is 5.49. The molecule has 0 bridgehead atoms. The number of carbonyl (C=O) groups excluding carboxylic acids is 1. The number of ketones is 1. The first kappa shape index (κ1) is 13.6. The van der Waals surface area contributed by atoms with E-state index in [9.17, 15) is 4.79 Å². The fourth-order valence-corrected chi connectivity index (χ4v) is 2.90. The van der Waals surface area contributed by atoms with Gasteiger partial charge < -0.3 is 10.1 Å². The minimum Gasteiger partial charge on any atom is -0.496 e. The number of piperidine rings is 1. The van der Waals surface area contributed by atoms with Crippen molar-refractivity contribution < 1.29 is 9.53 Å². The van der Waals surface area contributed by atoms with Crippen molar-refractivity contribution in [2.75, 3.05) is 20.2 Å². The lowest BCUT2D eigenvalue weighted by molar-refractivity contribution is -0.122. The molecule has 98 valence electrons. The second kappa shape index (κ2) is 6.34. The van der Waals surface area contributed by atoms with E-state index in [-0.39, 0.29) is 5.92 Å². The Hall–Kier alpha value is -0.870. The Morgan fingerprint density at radius 1 is 1.44 bits per heavy atom. The van der Waals surface area contributed by atoms with Crippen LogP contribution in [0.5, 0.6) is 5.75 Å². The Morgan fingerprint density at radius 2 is 2.17 bits per heavy atom. The van der Waals surface area contributed by atoms with Gasteiger partial charge in [0.15, 0.2) is 0 Å². The number of Topliss-reactive ketones (excluding diaryl/α,β-unsaturated/α-hetero) is 1. The average molecular weight is 312 g/mol. The van der Waals surface area contributed by atoms with E-state index in [1.54, 1.807) is 7.11 Å². The highest BCUT2D eigenvalue weighted by Gasteiger charge is 2.20. The van der Waals surface area contributed by atoms with Crippen molar-refractivity contribution in [1.29, 1.82) is 0 Å². The number of methoxy groups -OCH3 is 1. The van der Waals surface area contributed by atoms with Crippen molar-refractivity contribution >= 4 is 21.7 Å². The number of hydrogen-bond donors (Lipinski definition) is 1. The highest BCUT2D eigenvalue weighted by atomic mass is 79.9. The first-order valence-electron chi connectivity index (χ1n) is 6.26. The first-order chi connectivity index (χ1) is 8.70. The number of halogens is 1. The maximum absolute atomic E-state index is 12.2. The zero-order valence-corrected chi connectivity index (χ0v) is 12.1. The molecular weight excluding hydrogens is 294 g/mol. The number of benzene rings is 1. The van der Waals surface area contributed by atoms with Crippen LogP contribution in [0.1, 0.15) is 18.4 Å². The maximum Gasteiger partial charge on any atom is 0.140 e. The molecule has 1 aromatic carbocycles. The summed E-state index contributed by atoms with van der Waals surface area (Å²) in [5.74, 6) is 1.38. The Morgan fingerprint density at radius 3 is 2.78 bits per heavy atom. The molecule has 4 heteroatoms. The van der Waals surface area contributed by atoms with Gasteiger partial charge in [0.1, 0.15) is 11.5 Å². The molecule has 1 aliphatic rings. The fourth-order valence-electron chi connectivity index (χ4n) is 2.31. The minimum atomic E-state index is 0.229. The highest BCUT2D eigenvalue weighted by Crippen LogP contribution is 2.26. The summed E-state index contributed by atoms with van der Waals surface area (Å²) in [6, 6.07) is 5.83. The van der Waals surface area contributed by atoms with E-state index in [1.807, 2.05) is 18.2 Å². The van der Waals surface area contributed by atoms with Crippen LogP contribution in [-0.2, 0) is 11.2 Å². The van der Waals surface area contributed by atoms with Gasteiger partial charge in [-0.15, -0.1) is 0 Å². The summed E-state index contributed by atoms with van der Waals surface area (Å²) in [6.45, 7) is 1.92. The van der Waals surface area contributed by atoms with Gasteiger partial charge >= 0.3 is 0 Å². The van der Waals surface area contributed by atoms with Crippen LogP contribution in [0.2, 0.25) is 0 Å². The molecule has 0 spiro atoms. The molecule has 0 aromatic heterocycles. The van der Waals surface area contributed by atoms with Gasteiger partial charge in [0, 0.05) is 12.3 Å². The van der Waals surface area contributed by atoms with Gasteiger partial charge in [0.25, 0.3) is 0 Å². The summed E-state index contributed by atoms with van der Waals surface area (Å²) >= 11 is 3.45. The molecule has 1 fully saturated rings. The molecule has 0 aliphatic carbocycles. The quantitative estimate of drug-likeness (QED) is 0.929. The molecule has 1 aromatic rings. The average Bonchev–Trinajstić information content (AvgIpc) is 2.40. The van der Waals surface area contributed by atoms with Crippen LogP contribution in [0, 0.1) is 5.92 Å². The van der Waals surface area contributed by atoms with Gasteiger partial charge in [-0.3, -0.25) is 4.79 Å². The maximum atomic E-state index is 12.2. The topological polar surface area (TPSA) is 38.3 Å². The molecule has 1 N–H and O–H groups in total. The molecule has 1 saturated heterocycles. The molecule has 1 aliphatic heterocycles. The SMILES string of the molecule is COc1ccc(CC(=O)C2CCNCC2)cc1Br. The number of hydrogen-bond acceptors (Lipinski definition) is 3. The standard InChI is InChI=1S/C14H18BrNO2/c1-18-14-3-2-10(8-12(14)15)9-13(17)11-4-6-16-7-5-11/h2-3,8,11,16H,4-7,9H2,1H3. The highest BCUT2D eigenvalue weighted by molar-refractivity contribution is 9.10. The molecule has 0 amide bonds. The van der Waals surface area contributed by atoms with E-state index >= 15 is 0 Å². The van der Waals surface area contributed by atoms with E-state index in [4.69, 9.17) is 4.74 Å². The van der Waals surface area contributed by atoms with E-state index in [1.165, 1.54) is 0 Å². The number of ether oxygens (including phenoxy) is 1. The molecule has 0 saturated carbocycles. The van der Waals surface area contributed by atoms with Crippen LogP contribution in [0.15, 0.2) is 22.7 Å². The van der Waals surface area contributed by atoms with Crippen LogP contribution in [-0.4, -0.2) is 26.0 Å². The van der Waals surface area contributed by atoms with Crippen LogP contribution >= 0.6 is 15.9 Å². The number of nitrogens with one attached hydrogen (secondary N) is 1. The van der Waals surface area contributed by atoms with Crippen molar-refractivity contribution in [1.82, 2.24) is 5.32 Å². The van der Waals surface area contributed by atoms with Crippen molar-refractivity contribution in [3.05, 3.63) is 28.2 Å². The van der Waals surface area contributed by atoms with Gasteiger partial charge in [-0.1, -0.05) is 6.07 Å². The molecular formula is C14H18BrNO2. The smallest absolute Gasteiger partial charge is 0.140 e. The van der Waals surface area contributed by atoms with Crippen LogP contribution in [0.25, 0.3) is 0 Å². The summed E-state index contributed by atoms with van der Waals surface area (Å²) in [4.78, 5) is 12.2. The summed E-state index contributed by atoms with van der Waals surface area (Å²) in [7, 11) is 1.64. The summed E-state index contributed by atoms with van der Waals surface area (Å²) in [5.41, 5.74) is 1.05. The van der Waals surface area contributed by atoms with E-state index in [0.717, 1.165) is 41.7 Å². The first-order valence-corrected chi connectivity index (χ1v) is 7.06. The normalized spacial score (nSPS) is 16.6. The number of rotatable bonds is 4. The van der Waals surface area contributed by atoms with Crippen molar-refractivity contribution in [2.24, 2.45) is 5.92 Å². The third-order valence-electron chi connectivity index (χ3n) is 3.39. The zero-order valence-electron chi connectivity index (χ0n) is 10.5. The predicted molar refractivity (Wildman–Crippen MR) is 75.0 cm³/mol. The molecule has 3 nitrogen and oxygen atoms in total. The third kappa shape index (κ3) is 3.33. The molecule has 1 heterocycles. The summed E-state index contributed by atoms with van der Waals surface area (Å²) in [5, 5.41) is 3.28. The Kier molecular flexibility index (Phi) is 4.78. The lowest BCUT2D eigenvalue weighted by atomic mass is 9.90. The van der Waals surface area contributed by atoms with E-state index < -0.39 is 0 Å². The Balaban J connectivity index is 2.00. The lowest BCUT2D eigenvalue weighted by Gasteiger charge is -2.21. The predicted octanol–water partition coefficient (Wildman–Crippen LogP) is 2.57. The minimum absolute atomic E-state index is 0.229.